The second kappa shape index (κ2) is 2.96. The average molecular weight is 227 g/mol. The van der Waals surface area contributed by atoms with E-state index < -0.39 is 10.1 Å². The predicted molar refractivity (Wildman–Crippen MR) is 57.8 cm³/mol. The van der Waals surface area contributed by atoms with Gasteiger partial charge in [0.25, 0.3) is 10.1 Å². The Morgan fingerprint density at radius 3 is 2.67 bits per heavy atom. The SMILES string of the molecule is CC1(C)CNc2ccc(S(=O)(=O)O)cc21. The molecule has 1 heterocycles. The fourth-order valence-electron chi connectivity index (χ4n) is 1.81. The van der Waals surface area contributed by atoms with Gasteiger partial charge in [-0.05, 0) is 23.8 Å². The lowest BCUT2D eigenvalue weighted by molar-refractivity contribution is 0.482. The van der Waals surface area contributed by atoms with E-state index in [0.29, 0.717) is 0 Å². The van der Waals surface area contributed by atoms with Crippen molar-refractivity contribution in [3.63, 3.8) is 0 Å². The molecule has 82 valence electrons. The van der Waals surface area contributed by atoms with E-state index in [1.54, 1.807) is 6.07 Å². The van der Waals surface area contributed by atoms with Crippen LogP contribution in [0.2, 0.25) is 0 Å². The number of anilines is 1. The van der Waals surface area contributed by atoms with E-state index in [-0.39, 0.29) is 10.3 Å². The fourth-order valence-corrected chi connectivity index (χ4v) is 2.32. The molecule has 0 spiro atoms. The van der Waals surface area contributed by atoms with Crippen molar-refractivity contribution in [2.75, 3.05) is 11.9 Å². The maximum absolute atomic E-state index is 11.0. The first-order valence-electron chi connectivity index (χ1n) is 4.67. The molecule has 1 aliphatic heterocycles. The molecule has 0 unspecified atom stereocenters. The van der Waals surface area contributed by atoms with Crippen molar-refractivity contribution in [3.8, 4) is 0 Å². The predicted octanol–water partition coefficient (Wildman–Crippen LogP) is 1.64. The molecular formula is C10H13NO3S. The topological polar surface area (TPSA) is 66.4 Å². The quantitative estimate of drug-likeness (QED) is 0.716. The van der Waals surface area contributed by atoms with Crippen molar-refractivity contribution in [2.24, 2.45) is 0 Å². The molecule has 1 aromatic carbocycles. The lowest BCUT2D eigenvalue weighted by Gasteiger charge is -2.17. The molecular weight excluding hydrogens is 214 g/mol. The lowest BCUT2D eigenvalue weighted by atomic mass is 9.87. The highest BCUT2D eigenvalue weighted by atomic mass is 32.2. The third-order valence-electron chi connectivity index (χ3n) is 2.74. The summed E-state index contributed by atoms with van der Waals surface area (Å²) in [5.74, 6) is 0. The molecule has 2 rings (SSSR count). The van der Waals surface area contributed by atoms with Crippen LogP contribution in [0.15, 0.2) is 23.1 Å². The van der Waals surface area contributed by atoms with Gasteiger partial charge in [0, 0.05) is 17.6 Å². The number of rotatable bonds is 1. The summed E-state index contributed by atoms with van der Waals surface area (Å²) in [5.41, 5.74) is 1.76. The third kappa shape index (κ3) is 1.72. The van der Waals surface area contributed by atoms with E-state index in [0.717, 1.165) is 17.8 Å². The highest BCUT2D eigenvalue weighted by Gasteiger charge is 2.30. The van der Waals surface area contributed by atoms with Crippen molar-refractivity contribution in [3.05, 3.63) is 23.8 Å². The molecule has 5 heteroatoms. The Morgan fingerprint density at radius 1 is 1.40 bits per heavy atom. The summed E-state index contributed by atoms with van der Waals surface area (Å²) in [6.45, 7) is 4.83. The largest absolute Gasteiger partial charge is 0.384 e. The van der Waals surface area contributed by atoms with E-state index in [4.69, 9.17) is 4.55 Å². The molecule has 2 N–H and O–H groups in total. The van der Waals surface area contributed by atoms with Gasteiger partial charge in [-0.2, -0.15) is 8.42 Å². The Kier molecular flexibility index (Phi) is 2.06. The molecule has 15 heavy (non-hydrogen) atoms. The Hall–Kier alpha value is -1.07. The smallest absolute Gasteiger partial charge is 0.294 e. The Morgan fingerprint density at radius 2 is 2.07 bits per heavy atom. The van der Waals surface area contributed by atoms with Gasteiger partial charge in [0.15, 0.2) is 0 Å². The van der Waals surface area contributed by atoms with Gasteiger partial charge in [-0.25, -0.2) is 0 Å². The van der Waals surface area contributed by atoms with Crippen LogP contribution in [-0.4, -0.2) is 19.5 Å². The van der Waals surface area contributed by atoms with Crippen molar-refractivity contribution in [1.82, 2.24) is 0 Å². The summed E-state index contributed by atoms with van der Waals surface area (Å²) < 4.78 is 30.9. The molecule has 0 saturated carbocycles. The summed E-state index contributed by atoms with van der Waals surface area (Å²) in [7, 11) is -4.10. The number of hydrogen-bond donors (Lipinski definition) is 2. The maximum Gasteiger partial charge on any atom is 0.294 e. The second-order valence-corrected chi connectivity index (χ2v) is 5.84. The highest BCUT2D eigenvalue weighted by molar-refractivity contribution is 7.85. The van der Waals surface area contributed by atoms with Crippen molar-refractivity contribution in [2.45, 2.75) is 24.2 Å². The van der Waals surface area contributed by atoms with Gasteiger partial charge in [0.05, 0.1) is 4.90 Å². The normalized spacial score (nSPS) is 18.3. The minimum atomic E-state index is -4.10. The Bertz CT molecular complexity index is 505. The molecule has 0 bridgehead atoms. The van der Waals surface area contributed by atoms with Gasteiger partial charge < -0.3 is 5.32 Å². The maximum atomic E-state index is 11.0. The van der Waals surface area contributed by atoms with Crippen LogP contribution in [-0.2, 0) is 15.5 Å². The van der Waals surface area contributed by atoms with Crippen LogP contribution in [0.1, 0.15) is 19.4 Å². The van der Waals surface area contributed by atoms with Gasteiger partial charge in [0.1, 0.15) is 0 Å². The van der Waals surface area contributed by atoms with Crippen LogP contribution in [0.3, 0.4) is 0 Å². The van der Waals surface area contributed by atoms with Gasteiger partial charge in [-0.3, -0.25) is 4.55 Å². The summed E-state index contributed by atoms with van der Waals surface area (Å²) in [5, 5.41) is 3.19. The number of nitrogens with one attached hydrogen (secondary N) is 1. The standard InChI is InChI=1S/C10H13NO3S/c1-10(2)6-11-9-4-3-7(5-8(9)10)15(12,13)14/h3-5,11H,6H2,1-2H3,(H,12,13,14). The molecule has 0 aromatic heterocycles. The minimum Gasteiger partial charge on any atom is -0.384 e. The van der Waals surface area contributed by atoms with Crippen molar-refractivity contribution < 1.29 is 13.0 Å². The number of benzene rings is 1. The summed E-state index contributed by atoms with van der Waals surface area (Å²) in [6, 6.07) is 4.63. The van der Waals surface area contributed by atoms with Crippen LogP contribution in [0.5, 0.6) is 0 Å². The average Bonchev–Trinajstić information content (AvgIpc) is 2.41. The third-order valence-corrected chi connectivity index (χ3v) is 3.59. The first kappa shape index (κ1) is 10.4. The number of hydrogen-bond acceptors (Lipinski definition) is 3. The molecule has 0 atom stereocenters. The molecule has 0 aliphatic carbocycles. The molecule has 0 amide bonds. The molecule has 0 radical (unpaired) electrons. The van der Waals surface area contributed by atoms with Crippen molar-refractivity contribution >= 4 is 15.8 Å². The van der Waals surface area contributed by atoms with Gasteiger partial charge in [-0.1, -0.05) is 13.8 Å². The van der Waals surface area contributed by atoms with E-state index in [2.05, 4.69) is 5.32 Å². The van der Waals surface area contributed by atoms with Crippen LogP contribution < -0.4 is 5.32 Å². The van der Waals surface area contributed by atoms with E-state index in [1.807, 2.05) is 13.8 Å². The molecule has 4 nitrogen and oxygen atoms in total. The lowest BCUT2D eigenvalue weighted by Crippen LogP contribution is -2.19. The van der Waals surface area contributed by atoms with Crippen LogP contribution in [0, 0.1) is 0 Å². The molecule has 0 fully saturated rings. The second-order valence-electron chi connectivity index (χ2n) is 4.42. The first-order chi connectivity index (χ1) is 6.81. The molecule has 1 aliphatic rings. The van der Waals surface area contributed by atoms with Gasteiger partial charge in [-0.15, -0.1) is 0 Å². The zero-order chi connectivity index (χ0) is 11.3. The minimum absolute atomic E-state index is 0.0435. The monoisotopic (exact) mass is 227 g/mol. The zero-order valence-corrected chi connectivity index (χ0v) is 9.43. The molecule has 0 saturated heterocycles. The summed E-state index contributed by atoms with van der Waals surface area (Å²) in [6.07, 6.45) is 0. The summed E-state index contributed by atoms with van der Waals surface area (Å²) in [4.78, 5) is -0.0435. The Labute approximate surface area is 89.1 Å². The van der Waals surface area contributed by atoms with E-state index in [9.17, 15) is 8.42 Å². The Balaban J connectivity index is 2.61. The summed E-state index contributed by atoms with van der Waals surface area (Å²) >= 11 is 0. The van der Waals surface area contributed by atoms with Crippen molar-refractivity contribution in [1.29, 1.82) is 0 Å². The first-order valence-corrected chi connectivity index (χ1v) is 6.11. The van der Waals surface area contributed by atoms with Gasteiger partial charge in [0.2, 0.25) is 0 Å². The van der Waals surface area contributed by atoms with Crippen LogP contribution in [0.4, 0.5) is 5.69 Å². The number of fused-ring (bicyclic) bond motifs is 1. The van der Waals surface area contributed by atoms with Crippen LogP contribution in [0.25, 0.3) is 0 Å². The van der Waals surface area contributed by atoms with Gasteiger partial charge >= 0.3 is 0 Å². The van der Waals surface area contributed by atoms with E-state index in [1.165, 1.54) is 12.1 Å². The molecule has 1 aromatic rings. The fraction of sp³-hybridized carbons (Fsp3) is 0.400. The van der Waals surface area contributed by atoms with E-state index >= 15 is 0 Å². The highest BCUT2D eigenvalue weighted by Crippen LogP contribution is 2.37. The zero-order valence-electron chi connectivity index (χ0n) is 8.61. The van der Waals surface area contributed by atoms with Crippen LogP contribution >= 0.6 is 0 Å².